The second-order valence-corrected chi connectivity index (χ2v) is 5.30. The van der Waals surface area contributed by atoms with Gasteiger partial charge in [0.25, 0.3) is 0 Å². The van der Waals surface area contributed by atoms with E-state index in [4.69, 9.17) is 14.2 Å². The third-order valence-electron chi connectivity index (χ3n) is 3.83. The summed E-state index contributed by atoms with van der Waals surface area (Å²) >= 11 is 0. The van der Waals surface area contributed by atoms with Gasteiger partial charge in [-0.15, -0.1) is 0 Å². The molecule has 0 aliphatic carbocycles. The van der Waals surface area contributed by atoms with Gasteiger partial charge in [-0.2, -0.15) is 0 Å². The average molecular weight is 324 g/mol. The first-order chi connectivity index (χ1) is 11.7. The number of nitrogens with zero attached hydrogens (tertiary/aromatic N) is 1. The predicted molar refractivity (Wildman–Crippen MR) is 95.2 cm³/mol. The molecule has 0 saturated carbocycles. The number of ether oxygens (including phenoxy) is 3. The summed E-state index contributed by atoms with van der Waals surface area (Å²) in [4.78, 5) is 4.64. The van der Waals surface area contributed by atoms with E-state index in [9.17, 15) is 0 Å². The van der Waals surface area contributed by atoms with Crippen molar-refractivity contribution in [3.8, 4) is 17.2 Å². The number of pyridine rings is 1. The van der Waals surface area contributed by atoms with Gasteiger partial charge in [-0.05, 0) is 35.9 Å². The Bertz CT molecular complexity index is 832. The van der Waals surface area contributed by atoms with Crippen molar-refractivity contribution >= 4 is 16.7 Å². The summed E-state index contributed by atoms with van der Waals surface area (Å²) < 4.78 is 15.8. The quantitative estimate of drug-likeness (QED) is 0.746. The number of rotatable bonds is 6. The van der Waals surface area contributed by atoms with Crippen LogP contribution in [0.4, 0.5) is 5.82 Å². The normalized spacial score (nSPS) is 10.5. The molecule has 0 aliphatic heterocycles. The molecule has 0 amide bonds. The molecule has 1 aromatic heterocycles. The van der Waals surface area contributed by atoms with Gasteiger partial charge in [0.05, 0.1) is 26.8 Å². The lowest BCUT2D eigenvalue weighted by Gasteiger charge is -2.11. The predicted octanol–water partition coefficient (Wildman–Crippen LogP) is 3.87. The second-order valence-electron chi connectivity index (χ2n) is 5.30. The lowest BCUT2D eigenvalue weighted by molar-refractivity contribution is 0.356. The van der Waals surface area contributed by atoms with Crippen molar-refractivity contribution < 1.29 is 14.2 Å². The number of aromatic nitrogens is 1. The summed E-state index contributed by atoms with van der Waals surface area (Å²) in [5.41, 5.74) is 2.01. The van der Waals surface area contributed by atoms with Crippen molar-refractivity contribution in [1.82, 2.24) is 4.98 Å². The van der Waals surface area contributed by atoms with Crippen LogP contribution >= 0.6 is 0 Å². The number of nitrogens with one attached hydrogen (secondary N) is 1. The largest absolute Gasteiger partial charge is 0.497 e. The molecule has 0 atom stereocenters. The zero-order valence-corrected chi connectivity index (χ0v) is 14.0. The number of benzene rings is 2. The summed E-state index contributed by atoms with van der Waals surface area (Å²) in [6.07, 6.45) is 0. The minimum absolute atomic E-state index is 0.671. The topological polar surface area (TPSA) is 52.6 Å². The molecule has 3 rings (SSSR count). The van der Waals surface area contributed by atoms with Crippen LogP contribution in [0.15, 0.2) is 48.5 Å². The van der Waals surface area contributed by atoms with E-state index in [0.717, 1.165) is 28.0 Å². The van der Waals surface area contributed by atoms with Gasteiger partial charge >= 0.3 is 0 Å². The van der Waals surface area contributed by atoms with Crippen molar-refractivity contribution in [2.45, 2.75) is 6.54 Å². The average Bonchev–Trinajstić information content (AvgIpc) is 2.65. The van der Waals surface area contributed by atoms with Gasteiger partial charge in [0, 0.05) is 18.0 Å². The summed E-state index contributed by atoms with van der Waals surface area (Å²) in [6, 6.07) is 15.7. The first-order valence-electron chi connectivity index (χ1n) is 7.63. The smallest absolute Gasteiger partial charge is 0.162 e. The molecule has 0 saturated heterocycles. The Labute approximate surface area is 141 Å². The van der Waals surface area contributed by atoms with Crippen molar-refractivity contribution in [3.05, 3.63) is 54.1 Å². The van der Waals surface area contributed by atoms with Crippen molar-refractivity contribution in [3.63, 3.8) is 0 Å². The van der Waals surface area contributed by atoms with E-state index in [1.807, 2.05) is 48.5 Å². The molecule has 1 N–H and O–H groups in total. The molecule has 0 aliphatic rings. The van der Waals surface area contributed by atoms with Gasteiger partial charge in [0.2, 0.25) is 0 Å². The van der Waals surface area contributed by atoms with Crippen LogP contribution in [-0.4, -0.2) is 26.3 Å². The van der Waals surface area contributed by atoms with Crippen LogP contribution in [-0.2, 0) is 6.54 Å². The Morgan fingerprint density at radius 1 is 0.833 bits per heavy atom. The third-order valence-corrected chi connectivity index (χ3v) is 3.83. The fraction of sp³-hybridized carbons (Fsp3) is 0.211. The van der Waals surface area contributed by atoms with Gasteiger partial charge in [-0.3, -0.25) is 0 Å². The van der Waals surface area contributed by atoms with Crippen molar-refractivity contribution in [2.24, 2.45) is 0 Å². The molecule has 0 spiro atoms. The number of methoxy groups -OCH3 is 3. The highest BCUT2D eigenvalue weighted by Crippen LogP contribution is 2.31. The van der Waals surface area contributed by atoms with E-state index in [-0.39, 0.29) is 0 Å². The molecular formula is C19H20N2O3. The Morgan fingerprint density at radius 2 is 1.54 bits per heavy atom. The molecule has 124 valence electrons. The molecule has 2 aromatic carbocycles. The Hall–Kier alpha value is -2.95. The standard InChI is InChI=1S/C19H20N2O3/c1-22-15-7-4-13(5-8-15)12-20-19-9-6-14-10-17(23-2)18(24-3)11-16(14)21-19/h4-11H,12H2,1-3H3,(H,20,21). The van der Waals surface area contributed by atoms with E-state index in [2.05, 4.69) is 10.3 Å². The van der Waals surface area contributed by atoms with Crippen molar-refractivity contribution in [1.29, 1.82) is 0 Å². The zero-order chi connectivity index (χ0) is 16.9. The highest BCUT2D eigenvalue weighted by molar-refractivity contribution is 5.84. The molecule has 5 heteroatoms. The van der Waals surface area contributed by atoms with Gasteiger partial charge in [-0.1, -0.05) is 12.1 Å². The highest BCUT2D eigenvalue weighted by atomic mass is 16.5. The third kappa shape index (κ3) is 3.35. The maximum atomic E-state index is 5.34. The van der Waals surface area contributed by atoms with Crippen LogP contribution < -0.4 is 19.5 Å². The number of hydrogen-bond donors (Lipinski definition) is 1. The van der Waals surface area contributed by atoms with Crippen LogP contribution in [0.1, 0.15) is 5.56 Å². The number of fused-ring (bicyclic) bond motifs is 1. The molecule has 0 fully saturated rings. The molecule has 5 nitrogen and oxygen atoms in total. The van der Waals surface area contributed by atoms with Crippen LogP contribution in [0, 0.1) is 0 Å². The van der Waals surface area contributed by atoms with Gasteiger partial charge < -0.3 is 19.5 Å². The van der Waals surface area contributed by atoms with E-state index in [1.165, 1.54) is 0 Å². The Balaban J connectivity index is 1.79. The molecule has 3 aromatic rings. The number of hydrogen-bond acceptors (Lipinski definition) is 5. The lowest BCUT2D eigenvalue weighted by atomic mass is 10.2. The maximum absolute atomic E-state index is 5.34. The fourth-order valence-electron chi connectivity index (χ4n) is 2.48. The summed E-state index contributed by atoms with van der Waals surface area (Å²) in [5.74, 6) is 3.03. The van der Waals surface area contributed by atoms with Crippen molar-refractivity contribution in [2.75, 3.05) is 26.6 Å². The second kappa shape index (κ2) is 7.08. The van der Waals surface area contributed by atoms with Gasteiger partial charge in [0.1, 0.15) is 11.6 Å². The Kier molecular flexibility index (Phi) is 4.70. The molecule has 0 radical (unpaired) electrons. The summed E-state index contributed by atoms with van der Waals surface area (Å²) in [5, 5.41) is 4.34. The monoisotopic (exact) mass is 324 g/mol. The van der Waals surface area contributed by atoms with Gasteiger partial charge in [-0.25, -0.2) is 4.98 Å². The highest BCUT2D eigenvalue weighted by Gasteiger charge is 2.07. The minimum Gasteiger partial charge on any atom is -0.497 e. The van der Waals surface area contributed by atoms with Crippen LogP contribution in [0.2, 0.25) is 0 Å². The first-order valence-corrected chi connectivity index (χ1v) is 7.63. The fourth-order valence-corrected chi connectivity index (χ4v) is 2.48. The first kappa shape index (κ1) is 15.9. The van der Waals surface area contributed by atoms with Crippen LogP contribution in [0.5, 0.6) is 17.2 Å². The maximum Gasteiger partial charge on any atom is 0.162 e. The lowest BCUT2D eigenvalue weighted by Crippen LogP contribution is -2.01. The van der Waals surface area contributed by atoms with Crippen LogP contribution in [0.3, 0.4) is 0 Å². The molecule has 0 bridgehead atoms. The van der Waals surface area contributed by atoms with Crippen LogP contribution in [0.25, 0.3) is 10.9 Å². The summed E-state index contributed by atoms with van der Waals surface area (Å²) in [6.45, 7) is 0.690. The van der Waals surface area contributed by atoms with E-state index >= 15 is 0 Å². The van der Waals surface area contributed by atoms with Gasteiger partial charge in [0.15, 0.2) is 11.5 Å². The summed E-state index contributed by atoms with van der Waals surface area (Å²) in [7, 11) is 4.91. The molecule has 0 unspecified atom stereocenters. The molecular weight excluding hydrogens is 304 g/mol. The minimum atomic E-state index is 0.671. The molecule has 24 heavy (non-hydrogen) atoms. The zero-order valence-electron chi connectivity index (χ0n) is 14.0. The molecule has 1 heterocycles. The van der Waals surface area contributed by atoms with E-state index in [1.54, 1.807) is 21.3 Å². The van der Waals surface area contributed by atoms with E-state index < -0.39 is 0 Å². The SMILES string of the molecule is COc1ccc(CNc2ccc3cc(OC)c(OC)cc3n2)cc1. The number of anilines is 1. The van der Waals surface area contributed by atoms with E-state index in [0.29, 0.717) is 18.0 Å². The Morgan fingerprint density at radius 3 is 2.21 bits per heavy atom.